The molecule has 0 atom stereocenters. The first-order chi connectivity index (χ1) is 15.9. The summed E-state index contributed by atoms with van der Waals surface area (Å²) in [6, 6.07) is 11.7. The minimum Gasteiger partial charge on any atom is -0.454 e. The van der Waals surface area contributed by atoms with Crippen molar-refractivity contribution < 1.29 is 23.9 Å². The van der Waals surface area contributed by atoms with Crippen LogP contribution in [0.1, 0.15) is 28.8 Å². The lowest BCUT2D eigenvalue weighted by molar-refractivity contribution is -0.124. The summed E-state index contributed by atoms with van der Waals surface area (Å²) in [6.07, 6.45) is 2.24. The molecule has 0 aromatic heterocycles. The molecule has 2 aliphatic heterocycles. The summed E-state index contributed by atoms with van der Waals surface area (Å²) in [5.41, 5.74) is 5.87. The molecular formula is C22H18ClN3O5S2. The van der Waals surface area contributed by atoms with Gasteiger partial charge in [-0.05, 0) is 54.5 Å². The van der Waals surface area contributed by atoms with E-state index < -0.39 is 5.91 Å². The van der Waals surface area contributed by atoms with Gasteiger partial charge in [-0.3, -0.25) is 30.1 Å². The van der Waals surface area contributed by atoms with Gasteiger partial charge in [-0.2, -0.15) is 0 Å². The zero-order chi connectivity index (χ0) is 23.4. The third-order valence-corrected chi connectivity index (χ3v) is 6.41. The van der Waals surface area contributed by atoms with Crippen molar-refractivity contribution in [1.82, 2.24) is 15.8 Å². The number of halogens is 1. The highest BCUT2D eigenvalue weighted by Gasteiger charge is 2.31. The van der Waals surface area contributed by atoms with Crippen molar-refractivity contribution in [2.45, 2.75) is 12.8 Å². The van der Waals surface area contributed by atoms with Crippen LogP contribution in [0, 0.1) is 0 Å². The minimum atomic E-state index is -0.453. The number of carbonyl (C=O) groups is 3. The van der Waals surface area contributed by atoms with Crippen LogP contribution in [0.15, 0.2) is 47.4 Å². The number of nitrogens with one attached hydrogen (secondary N) is 2. The second-order valence-electron chi connectivity index (χ2n) is 7.06. The fourth-order valence-electron chi connectivity index (χ4n) is 3.11. The molecule has 2 aromatic rings. The lowest BCUT2D eigenvalue weighted by Crippen LogP contribution is -2.41. The molecule has 8 nitrogen and oxygen atoms in total. The second kappa shape index (κ2) is 10.2. The van der Waals surface area contributed by atoms with Crippen molar-refractivity contribution in [3.8, 4) is 11.5 Å². The summed E-state index contributed by atoms with van der Waals surface area (Å²) < 4.78 is 11.1. The zero-order valence-corrected chi connectivity index (χ0v) is 19.5. The number of hydrazine groups is 1. The molecule has 3 amide bonds. The van der Waals surface area contributed by atoms with Crippen LogP contribution in [0.5, 0.6) is 11.5 Å². The van der Waals surface area contributed by atoms with Crippen LogP contribution in [-0.2, 0) is 9.59 Å². The molecule has 33 heavy (non-hydrogen) atoms. The van der Waals surface area contributed by atoms with Gasteiger partial charge in [-0.25, -0.2) is 0 Å². The van der Waals surface area contributed by atoms with Gasteiger partial charge in [-0.15, -0.1) is 0 Å². The van der Waals surface area contributed by atoms with E-state index in [9.17, 15) is 14.4 Å². The SMILES string of the molecule is O=C(CCCN1C(=O)C(=Cc2ccc3c(c2)OCO3)SC1=S)NNC(=O)c1ccc(Cl)cc1. The number of ether oxygens (including phenoxy) is 2. The highest BCUT2D eigenvalue weighted by atomic mass is 35.5. The first-order valence-electron chi connectivity index (χ1n) is 9.90. The van der Waals surface area contributed by atoms with E-state index in [1.165, 1.54) is 16.7 Å². The number of hydrogen-bond donors (Lipinski definition) is 2. The number of hydrogen-bond acceptors (Lipinski definition) is 7. The third-order valence-electron chi connectivity index (χ3n) is 4.78. The summed E-state index contributed by atoms with van der Waals surface area (Å²) in [5, 5.41) is 0.511. The summed E-state index contributed by atoms with van der Waals surface area (Å²) >= 11 is 12.3. The number of fused-ring (bicyclic) bond motifs is 1. The van der Waals surface area contributed by atoms with Crippen molar-refractivity contribution in [2.24, 2.45) is 0 Å². The first-order valence-corrected chi connectivity index (χ1v) is 11.5. The molecular weight excluding hydrogens is 486 g/mol. The number of carbonyl (C=O) groups excluding carboxylic acids is 3. The molecule has 0 unspecified atom stereocenters. The van der Waals surface area contributed by atoms with Gasteiger partial charge in [0.05, 0.1) is 4.91 Å². The minimum absolute atomic E-state index is 0.110. The highest BCUT2D eigenvalue weighted by Crippen LogP contribution is 2.36. The maximum absolute atomic E-state index is 12.8. The molecule has 1 fully saturated rings. The number of rotatable bonds is 6. The van der Waals surface area contributed by atoms with Crippen LogP contribution >= 0.6 is 35.6 Å². The van der Waals surface area contributed by atoms with Gasteiger partial charge >= 0.3 is 0 Å². The Hall–Kier alpha value is -3.08. The molecule has 2 aliphatic rings. The van der Waals surface area contributed by atoms with Gasteiger partial charge in [0.2, 0.25) is 12.7 Å². The van der Waals surface area contributed by atoms with Crippen molar-refractivity contribution >= 4 is 63.7 Å². The fraction of sp³-hybridized carbons (Fsp3) is 0.182. The monoisotopic (exact) mass is 503 g/mol. The highest BCUT2D eigenvalue weighted by molar-refractivity contribution is 8.26. The van der Waals surface area contributed by atoms with E-state index in [4.69, 9.17) is 33.3 Å². The Bertz CT molecular complexity index is 1150. The van der Waals surface area contributed by atoms with E-state index in [1.807, 2.05) is 6.07 Å². The van der Waals surface area contributed by atoms with Gasteiger partial charge in [0.15, 0.2) is 11.5 Å². The smallest absolute Gasteiger partial charge is 0.269 e. The number of thioether (sulfide) groups is 1. The Kier molecular flexibility index (Phi) is 7.17. The number of amides is 3. The summed E-state index contributed by atoms with van der Waals surface area (Å²) in [5.74, 6) is 0.263. The molecule has 170 valence electrons. The Morgan fingerprint density at radius 2 is 1.88 bits per heavy atom. The maximum Gasteiger partial charge on any atom is 0.269 e. The van der Waals surface area contributed by atoms with Gasteiger partial charge < -0.3 is 9.47 Å². The molecule has 4 rings (SSSR count). The molecule has 2 aromatic carbocycles. The lowest BCUT2D eigenvalue weighted by Gasteiger charge is -2.14. The third kappa shape index (κ3) is 5.65. The van der Waals surface area contributed by atoms with E-state index in [2.05, 4.69) is 10.9 Å². The molecule has 2 heterocycles. The molecule has 0 saturated carbocycles. The number of nitrogens with zero attached hydrogens (tertiary/aromatic N) is 1. The van der Waals surface area contributed by atoms with Gasteiger partial charge in [0.25, 0.3) is 11.8 Å². The van der Waals surface area contributed by atoms with Gasteiger partial charge in [-0.1, -0.05) is 41.6 Å². The fourth-order valence-corrected chi connectivity index (χ4v) is 4.54. The number of thiocarbonyl (C=S) groups is 1. The van der Waals surface area contributed by atoms with E-state index in [-0.39, 0.29) is 25.0 Å². The molecule has 1 saturated heterocycles. The average Bonchev–Trinajstić information content (AvgIpc) is 3.37. The Labute approximate surface area is 204 Å². The first kappa shape index (κ1) is 23.1. The van der Waals surface area contributed by atoms with Crippen LogP contribution in [0.3, 0.4) is 0 Å². The quantitative estimate of drug-likeness (QED) is 0.353. The molecule has 0 spiro atoms. The summed E-state index contributed by atoms with van der Waals surface area (Å²) in [7, 11) is 0. The largest absolute Gasteiger partial charge is 0.454 e. The van der Waals surface area contributed by atoms with Crippen LogP contribution in [0.2, 0.25) is 5.02 Å². The predicted octanol–water partition coefficient (Wildman–Crippen LogP) is 3.51. The van der Waals surface area contributed by atoms with Crippen LogP contribution < -0.4 is 20.3 Å². The topological polar surface area (TPSA) is 97.0 Å². The molecule has 2 N–H and O–H groups in total. The Balaban J connectivity index is 1.25. The van der Waals surface area contributed by atoms with Crippen molar-refractivity contribution in [3.63, 3.8) is 0 Å². The predicted molar refractivity (Wildman–Crippen MR) is 129 cm³/mol. The molecule has 0 bridgehead atoms. The Morgan fingerprint density at radius 3 is 2.67 bits per heavy atom. The second-order valence-corrected chi connectivity index (χ2v) is 9.17. The van der Waals surface area contributed by atoms with E-state index in [1.54, 1.807) is 42.5 Å². The zero-order valence-electron chi connectivity index (χ0n) is 17.1. The van der Waals surface area contributed by atoms with Crippen LogP contribution in [0.25, 0.3) is 6.08 Å². The van der Waals surface area contributed by atoms with E-state index in [0.29, 0.717) is 44.3 Å². The average molecular weight is 504 g/mol. The van der Waals surface area contributed by atoms with Gasteiger partial charge in [0, 0.05) is 23.6 Å². The molecule has 0 aliphatic carbocycles. The van der Waals surface area contributed by atoms with Gasteiger partial charge in [0.1, 0.15) is 4.32 Å². The van der Waals surface area contributed by atoms with Crippen molar-refractivity contribution in [3.05, 3.63) is 63.5 Å². The summed E-state index contributed by atoms with van der Waals surface area (Å²) in [6.45, 7) is 0.473. The standard InChI is InChI=1S/C22H18ClN3O5S2/c23-15-6-4-14(5-7-15)20(28)25-24-19(27)2-1-9-26-21(29)18(33-22(26)32)11-13-3-8-16-17(10-13)31-12-30-16/h3-8,10-11H,1-2,9,12H2,(H,24,27)(H,25,28). The number of benzene rings is 2. The van der Waals surface area contributed by atoms with E-state index in [0.717, 1.165) is 5.56 Å². The molecule has 0 radical (unpaired) electrons. The van der Waals surface area contributed by atoms with E-state index >= 15 is 0 Å². The van der Waals surface area contributed by atoms with Crippen molar-refractivity contribution in [1.29, 1.82) is 0 Å². The van der Waals surface area contributed by atoms with Crippen molar-refractivity contribution in [2.75, 3.05) is 13.3 Å². The summed E-state index contributed by atoms with van der Waals surface area (Å²) in [4.78, 5) is 38.8. The normalized spacial score (nSPS) is 15.8. The Morgan fingerprint density at radius 1 is 1.12 bits per heavy atom. The lowest BCUT2D eigenvalue weighted by atomic mass is 10.2. The van der Waals surface area contributed by atoms with Crippen LogP contribution in [0.4, 0.5) is 0 Å². The van der Waals surface area contributed by atoms with Crippen LogP contribution in [-0.4, -0.2) is 40.3 Å². The maximum atomic E-state index is 12.8. The molecule has 11 heteroatoms.